The number of carbonyl (C=O) groups is 1. The van der Waals surface area contributed by atoms with Crippen LogP contribution in [-0.4, -0.2) is 41.5 Å². The number of nitrogens with one attached hydrogen (secondary N) is 2. The third kappa shape index (κ3) is 4.81. The number of carbonyl (C=O) groups excluding carboxylic acids is 1. The Bertz CT molecular complexity index is 1220. The molecule has 186 valence electrons. The van der Waals surface area contributed by atoms with Crippen LogP contribution in [0.5, 0.6) is 28.7 Å². The van der Waals surface area contributed by atoms with Crippen molar-refractivity contribution in [3.8, 4) is 28.7 Å². The summed E-state index contributed by atoms with van der Waals surface area (Å²) in [5.41, 5.74) is 3.23. The molecule has 4 rings (SSSR count). The molecule has 1 amide bonds. The molecule has 1 aliphatic carbocycles. The third-order valence-electron chi connectivity index (χ3n) is 6.03. The van der Waals surface area contributed by atoms with E-state index in [1.807, 2.05) is 12.1 Å². The molecule has 9 heteroatoms. The Morgan fingerprint density at radius 3 is 2.31 bits per heavy atom. The van der Waals surface area contributed by atoms with Gasteiger partial charge in [-0.25, -0.2) is 0 Å². The first kappa shape index (κ1) is 24.5. The van der Waals surface area contributed by atoms with Gasteiger partial charge in [0.2, 0.25) is 5.75 Å². The normalized spacial score (nSPS) is 12.0. The van der Waals surface area contributed by atoms with E-state index < -0.39 is 0 Å². The van der Waals surface area contributed by atoms with Gasteiger partial charge in [-0.15, -0.1) is 11.3 Å². The number of hydrogen-bond donors (Lipinski definition) is 2. The van der Waals surface area contributed by atoms with Crippen molar-refractivity contribution >= 4 is 27.9 Å². The molecule has 0 unspecified atom stereocenters. The fourth-order valence-corrected chi connectivity index (χ4v) is 5.63. The van der Waals surface area contributed by atoms with Crippen molar-refractivity contribution in [2.75, 3.05) is 46.2 Å². The zero-order valence-electron chi connectivity index (χ0n) is 20.6. The number of amides is 1. The van der Waals surface area contributed by atoms with Crippen molar-refractivity contribution in [1.82, 2.24) is 0 Å². The highest BCUT2D eigenvalue weighted by Crippen LogP contribution is 2.42. The minimum absolute atomic E-state index is 0.183. The number of benzene rings is 2. The predicted octanol–water partition coefficient (Wildman–Crippen LogP) is 5.14. The lowest BCUT2D eigenvalue weighted by atomic mass is 10.1. The van der Waals surface area contributed by atoms with Gasteiger partial charge in [0.15, 0.2) is 11.5 Å². The summed E-state index contributed by atoms with van der Waals surface area (Å²) < 4.78 is 27.3. The first-order chi connectivity index (χ1) is 17.0. The maximum Gasteiger partial charge on any atom is 0.259 e. The van der Waals surface area contributed by atoms with Crippen LogP contribution >= 0.6 is 11.3 Å². The summed E-state index contributed by atoms with van der Waals surface area (Å²) in [5.74, 6) is 2.74. The number of anilines is 2. The molecule has 0 aliphatic heterocycles. The van der Waals surface area contributed by atoms with Crippen LogP contribution in [-0.2, 0) is 19.4 Å². The molecule has 0 atom stereocenters. The lowest BCUT2D eigenvalue weighted by molar-refractivity contribution is 0.102. The summed E-state index contributed by atoms with van der Waals surface area (Å²) in [7, 11) is 7.93. The molecule has 0 saturated carbocycles. The van der Waals surface area contributed by atoms with E-state index in [0.29, 0.717) is 46.5 Å². The number of fused-ring (bicyclic) bond motifs is 1. The van der Waals surface area contributed by atoms with E-state index in [9.17, 15) is 4.79 Å². The second-order valence-corrected chi connectivity index (χ2v) is 9.03. The van der Waals surface area contributed by atoms with Crippen LogP contribution in [0.2, 0.25) is 0 Å². The topological polar surface area (TPSA) is 87.3 Å². The summed E-state index contributed by atoms with van der Waals surface area (Å²) in [5, 5.41) is 7.31. The maximum absolute atomic E-state index is 13.5. The minimum atomic E-state index is -0.183. The van der Waals surface area contributed by atoms with Gasteiger partial charge >= 0.3 is 0 Å². The van der Waals surface area contributed by atoms with E-state index in [-0.39, 0.29) is 5.91 Å². The highest BCUT2D eigenvalue weighted by Gasteiger charge is 2.27. The number of thiophene rings is 1. The molecule has 1 heterocycles. The van der Waals surface area contributed by atoms with Crippen molar-refractivity contribution in [3.63, 3.8) is 0 Å². The van der Waals surface area contributed by atoms with E-state index in [1.165, 1.54) is 4.88 Å². The Labute approximate surface area is 209 Å². The lowest BCUT2D eigenvalue weighted by Gasteiger charge is -2.17. The molecule has 1 aliphatic rings. The van der Waals surface area contributed by atoms with Gasteiger partial charge in [0.1, 0.15) is 16.5 Å². The summed E-state index contributed by atoms with van der Waals surface area (Å²) in [6, 6.07) is 9.09. The van der Waals surface area contributed by atoms with E-state index in [1.54, 1.807) is 65.1 Å². The molecular weight excluding hydrogens is 468 g/mol. The quantitative estimate of drug-likeness (QED) is 0.400. The van der Waals surface area contributed by atoms with Crippen molar-refractivity contribution in [3.05, 3.63) is 51.9 Å². The third-order valence-corrected chi connectivity index (χ3v) is 7.28. The fourth-order valence-electron chi connectivity index (χ4n) is 4.34. The average molecular weight is 499 g/mol. The predicted molar refractivity (Wildman–Crippen MR) is 137 cm³/mol. The van der Waals surface area contributed by atoms with Gasteiger partial charge in [-0.05, 0) is 49.1 Å². The van der Waals surface area contributed by atoms with Crippen LogP contribution in [0.3, 0.4) is 0 Å². The lowest BCUT2D eigenvalue weighted by Crippen LogP contribution is -2.16. The van der Waals surface area contributed by atoms with Crippen LogP contribution < -0.4 is 34.3 Å². The second kappa shape index (κ2) is 10.8. The van der Waals surface area contributed by atoms with Gasteiger partial charge in [0.25, 0.3) is 5.91 Å². The van der Waals surface area contributed by atoms with Gasteiger partial charge in [-0.1, -0.05) is 0 Å². The van der Waals surface area contributed by atoms with Crippen LogP contribution in [0.1, 0.15) is 32.8 Å². The van der Waals surface area contributed by atoms with Crippen LogP contribution in [0.4, 0.5) is 10.7 Å². The van der Waals surface area contributed by atoms with Gasteiger partial charge < -0.3 is 34.3 Å². The largest absolute Gasteiger partial charge is 0.497 e. The summed E-state index contributed by atoms with van der Waals surface area (Å²) in [6.07, 6.45) is 2.91. The van der Waals surface area contributed by atoms with Crippen LogP contribution in [0, 0.1) is 0 Å². The van der Waals surface area contributed by atoms with Crippen molar-refractivity contribution in [2.45, 2.75) is 25.8 Å². The Morgan fingerprint density at radius 1 is 0.886 bits per heavy atom. The van der Waals surface area contributed by atoms with Gasteiger partial charge in [-0.3, -0.25) is 4.79 Å². The summed E-state index contributed by atoms with van der Waals surface area (Å²) >= 11 is 1.63. The first-order valence-corrected chi connectivity index (χ1v) is 12.1. The fraction of sp³-hybridized carbons (Fsp3) is 0.346. The average Bonchev–Trinajstić information content (AvgIpc) is 3.47. The molecule has 2 aromatic carbocycles. The number of hydrogen-bond acceptors (Lipinski definition) is 8. The van der Waals surface area contributed by atoms with Crippen LogP contribution in [0.15, 0.2) is 30.3 Å². The molecule has 0 radical (unpaired) electrons. The number of rotatable bonds is 10. The van der Waals surface area contributed by atoms with Gasteiger partial charge in [0, 0.05) is 23.1 Å². The highest BCUT2D eigenvalue weighted by molar-refractivity contribution is 7.16. The Kier molecular flexibility index (Phi) is 7.55. The molecule has 35 heavy (non-hydrogen) atoms. The molecule has 1 aromatic heterocycles. The van der Waals surface area contributed by atoms with Crippen molar-refractivity contribution in [2.24, 2.45) is 0 Å². The number of methoxy groups -OCH3 is 5. The van der Waals surface area contributed by atoms with Crippen molar-refractivity contribution in [1.29, 1.82) is 0 Å². The molecule has 0 saturated heterocycles. The summed E-state index contributed by atoms with van der Waals surface area (Å²) in [4.78, 5) is 14.8. The van der Waals surface area contributed by atoms with E-state index in [0.717, 1.165) is 35.4 Å². The molecule has 0 fully saturated rings. The van der Waals surface area contributed by atoms with E-state index in [4.69, 9.17) is 23.7 Å². The Morgan fingerprint density at radius 2 is 1.63 bits per heavy atom. The van der Waals surface area contributed by atoms with E-state index in [2.05, 4.69) is 10.6 Å². The molecule has 8 nitrogen and oxygen atoms in total. The smallest absolute Gasteiger partial charge is 0.259 e. The highest BCUT2D eigenvalue weighted by atomic mass is 32.1. The van der Waals surface area contributed by atoms with Crippen molar-refractivity contribution < 1.29 is 28.5 Å². The maximum atomic E-state index is 13.5. The van der Waals surface area contributed by atoms with Crippen LogP contribution in [0.25, 0.3) is 0 Å². The number of aryl methyl sites for hydroxylation is 1. The summed E-state index contributed by atoms with van der Waals surface area (Å²) in [6.45, 7) is 0.450. The standard InChI is InChI=1S/C26H30N2O6S/c1-30-16-10-12-19(31-2)18(13-16)28-25(29)22-17-7-6-8-21(17)35-26(22)27-14-15-9-11-20(32-3)24(34-5)23(15)33-4/h9-13,27H,6-8,14H2,1-5H3,(H,28,29). The minimum Gasteiger partial charge on any atom is -0.497 e. The Hall–Kier alpha value is -3.59. The van der Waals surface area contributed by atoms with E-state index >= 15 is 0 Å². The zero-order chi connectivity index (χ0) is 24.9. The molecule has 2 N–H and O–H groups in total. The molecular formula is C26H30N2O6S. The molecule has 0 bridgehead atoms. The number of ether oxygens (including phenoxy) is 5. The van der Waals surface area contributed by atoms with Gasteiger partial charge in [0.05, 0.1) is 46.8 Å². The monoisotopic (exact) mass is 498 g/mol. The molecule has 0 spiro atoms. The van der Waals surface area contributed by atoms with Gasteiger partial charge in [-0.2, -0.15) is 0 Å². The first-order valence-electron chi connectivity index (χ1n) is 11.2. The zero-order valence-corrected chi connectivity index (χ0v) is 21.4. The second-order valence-electron chi connectivity index (χ2n) is 7.93. The SMILES string of the molecule is COc1ccc(OC)c(NC(=O)c2c(NCc3ccc(OC)c(OC)c3OC)sc3c2CCC3)c1. The Balaban J connectivity index is 1.63. The molecule has 3 aromatic rings.